The highest BCUT2D eigenvalue weighted by Gasteiger charge is 2.37. The molecule has 1 aromatic heterocycles. The van der Waals surface area contributed by atoms with Crippen LogP contribution in [0.1, 0.15) is 19.9 Å². The zero-order chi connectivity index (χ0) is 15.6. The van der Waals surface area contributed by atoms with Gasteiger partial charge in [-0.05, 0) is 13.8 Å². The molecule has 0 aliphatic carbocycles. The third-order valence-electron chi connectivity index (χ3n) is 2.37. The Bertz CT molecular complexity index is 599. The maximum absolute atomic E-state index is 12.4. The molecule has 0 saturated carbocycles. The van der Waals surface area contributed by atoms with Crippen molar-refractivity contribution in [3.8, 4) is 12.3 Å². The molecule has 1 rings (SSSR count). The van der Waals surface area contributed by atoms with Gasteiger partial charge in [0.2, 0.25) is 10.0 Å². The van der Waals surface area contributed by atoms with Crippen LogP contribution < -0.4 is 0 Å². The maximum atomic E-state index is 12.4. The summed E-state index contributed by atoms with van der Waals surface area (Å²) in [5, 5.41) is 3.80. The summed E-state index contributed by atoms with van der Waals surface area (Å²) in [6, 6.07) is -0.109. The number of hydrogen-bond acceptors (Lipinski definition) is 3. The molecule has 0 saturated heterocycles. The minimum absolute atomic E-state index is 0.109. The molecule has 0 aliphatic heterocycles. The highest BCUT2D eigenvalue weighted by Crippen LogP contribution is 2.22. The highest BCUT2D eigenvalue weighted by atomic mass is 32.2. The predicted octanol–water partition coefficient (Wildman–Crippen LogP) is 1.65. The molecule has 1 aromatic rings. The zero-order valence-electron chi connectivity index (χ0n) is 10.9. The molecule has 5 nitrogen and oxygen atoms in total. The molecule has 0 unspecified atom stereocenters. The van der Waals surface area contributed by atoms with Crippen molar-refractivity contribution in [1.29, 1.82) is 0 Å². The Balaban J connectivity index is 3.12. The lowest BCUT2D eigenvalue weighted by atomic mass is 10.4. The van der Waals surface area contributed by atoms with Crippen molar-refractivity contribution in [2.45, 2.75) is 31.0 Å². The van der Waals surface area contributed by atoms with Gasteiger partial charge in [0.15, 0.2) is 0 Å². The standard InChI is InChI=1S/C11H14F3N3O2S/c1-4-5-16(8-11(12,13)14)20(18,19)10-6-15-17(7-10)9(2)3/h1,6-7,9H,5,8H2,2-3H3. The number of rotatable bonds is 5. The van der Waals surface area contributed by atoms with E-state index in [0.29, 0.717) is 0 Å². The number of alkyl halides is 3. The van der Waals surface area contributed by atoms with Gasteiger partial charge in [-0.2, -0.15) is 22.6 Å². The van der Waals surface area contributed by atoms with Crippen LogP contribution in [-0.2, 0) is 10.0 Å². The van der Waals surface area contributed by atoms with Crippen LogP contribution in [0.25, 0.3) is 0 Å². The Morgan fingerprint density at radius 1 is 1.50 bits per heavy atom. The van der Waals surface area contributed by atoms with E-state index in [9.17, 15) is 21.6 Å². The first-order chi connectivity index (χ1) is 9.08. The minimum atomic E-state index is -4.67. The molecule has 0 amide bonds. The smallest absolute Gasteiger partial charge is 0.269 e. The average Bonchev–Trinajstić information content (AvgIpc) is 2.76. The van der Waals surface area contributed by atoms with Crippen LogP contribution in [0.15, 0.2) is 17.3 Å². The summed E-state index contributed by atoms with van der Waals surface area (Å²) in [4.78, 5) is -0.314. The lowest BCUT2D eigenvalue weighted by Crippen LogP contribution is -2.39. The summed E-state index contributed by atoms with van der Waals surface area (Å²) in [6.45, 7) is 1.23. The van der Waals surface area contributed by atoms with E-state index in [1.165, 1.54) is 10.9 Å². The van der Waals surface area contributed by atoms with Gasteiger partial charge in [0, 0.05) is 12.2 Å². The second-order valence-electron chi connectivity index (χ2n) is 4.34. The van der Waals surface area contributed by atoms with Crippen LogP contribution in [0, 0.1) is 12.3 Å². The average molecular weight is 309 g/mol. The van der Waals surface area contributed by atoms with E-state index in [-0.39, 0.29) is 15.2 Å². The number of aromatic nitrogens is 2. The number of halogens is 3. The Morgan fingerprint density at radius 3 is 2.50 bits per heavy atom. The maximum Gasteiger partial charge on any atom is 0.402 e. The van der Waals surface area contributed by atoms with Crippen molar-refractivity contribution in [2.75, 3.05) is 13.1 Å². The molecule has 112 valence electrons. The van der Waals surface area contributed by atoms with Gasteiger partial charge in [-0.25, -0.2) is 8.42 Å². The first-order valence-corrected chi connectivity index (χ1v) is 7.06. The number of sulfonamides is 1. The Morgan fingerprint density at radius 2 is 2.10 bits per heavy atom. The van der Waals surface area contributed by atoms with E-state index < -0.39 is 29.3 Å². The molecule has 0 N–H and O–H groups in total. The molecule has 9 heteroatoms. The molecule has 1 heterocycles. The van der Waals surface area contributed by atoms with E-state index in [4.69, 9.17) is 6.42 Å². The first kappa shape index (κ1) is 16.5. The largest absolute Gasteiger partial charge is 0.402 e. The summed E-state index contributed by atoms with van der Waals surface area (Å²) in [5.41, 5.74) is 0. The summed E-state index contributed by atoms with van der Waals surface area (Å²) in [6.07, 6.45) is 2.45. The van der Waals surface area contributed by atoms with E-state index in [0.717, 1.165) is 6.20 Å². The van der Waals surface area contributed by atoms with Gasteiger partial charge in [0.25, 0.3) is 0 Å². The van der Waals surface area contributed by atoms with Crippen LogP contribution in [0.3, 0.4) is 0 Å². The van der Waals surface area contributed by atoms with Crippen molar-refractivity contribution in [1.82, 2.24) is 14.1 Å². The van der Waals surface area contributed by atoms with Gasteiger partial charge in [-0.3, -0.25) is 4.68 Å². The highest BCUT2D eigenvalue weighted by molar-refractivity contribution is 7.89. The van der Waals surface area contributed by atoms with Gasteiger partial charge in [0.1, 0.15) is 11.4 Å². The summed E-state index contributed by atoms with van der Waals surface area (Å²) < 4.78 is 63.0. The molecular formula is C11H14F3N3O2S. The lowest BCUT2D eigenvalue weighted by Gasteiger charge is -2.20. The Kier molecular flexibility index (Phi) is 4.83. The van der Waals surface area contributed by atoms with Crippen molar-refractivity contribution >= 4 is 10.0 Å². The van der Waals surface area contributed by atoms with Gasteiger partial charge < -0.3 is 0 Å². The molecule has 0 fully saturated rings. The lowest BCUT2D eigenvalue weighted by molar-refractivity contribution is -0.135. The fraction of sp³-hybridized carbons (Fsp3) is 0.545. The Hall–Kier alpha value is -1.53. The van der Waals surface area contributed by atoms with Crippen molar-refractivity contribution in [2.24, 2.45) is 0 Å². The van der Waals surface area contributed by atoms with Crippen LogP contribution in [-0.4, -0.2) is 41.8 Å². The third-order valence-corrected chi connectivity index (χ3v) is 4.11. The van der Waals surface area contributed by atoms with Crippen LogP contribution in [0.4, 0.5) is 13.2 Å². The van der Waals surface area contributed by atoms with E-state index in [1.54, 1.807) is 13.8 Å². The summed E-state index contributed by atoms with van der Waals surface area (Å²) >= 11 is 0. The van der Waals surface area contributed by atoms with Crippen LogP contribution in [0.5, 0.6) is 0 Å². The zero-order valence-corrected chi connectivity index (χ0v) is 11.7. The second-order valence-corrected chi connectivity index (χ2v) is 6.28. The van der Waals surface area contributed by atoms with Crippen molar-refractivity contribution < 1.29 is 21.6 Å². The SMILES string of the molecule is C#CCN(CC(F)(F)F)S(=O)(=O)c1cnn(C(C)C)c1. The Labute approximate surface area is 115 Å². The fourth-order valence-corrected chi connectivity index (χ4v) is 2.69. The van der Waals surface area contributed by atoms with Gasteiger partial charge in [0.05, 0.1) is 12.7 Å². The van der Waals surface area contributed by atoms with Gasteiger partial charge in [-0.15, -0.1) is 6.42 Å². The molecule has 0 bridgehead atoms. The molecule has 0 radical (unpaired) electrons. The minimum Gasteiger partial charge on any atom is -0.269 e. The number of nitrogens with zero attached hydrogens (tertiary/aromatic N) is 3. The molecule has 0 spiro atoms. The van der Waals surface area contributed by atoms with Crippen molar-refractivity contribution in [3.63, 3.8) is 0 Å². The normalized spacial score (nSPS) is 12.9. The first-order valence-electron chi connectivity index (χ1n) is 5.62. The third kappa shape index (κ3) is 3.98. The summed E-state index contributed by atoms with van der Waals surface area (Å²) in [5.74, 6) is 1.92. The molecule has 20 heavy (non-hydrogen) atoms. The summed E-state index contributed by atoms with van der Waals surface area (Å²) in [7, 11) is -4.32. The van der Waals surface area contributed by atoms with Crippen molar-refractivity contribution in [3.05, 3.63) is 12.4 Å². The molecular weight excluding hydrogens is 295 g/mol. The molecule has 0 aliphatic rings. The fourth-order valence-electron chi connectivity index (χ4n) is 1.41. The second kappa shape index (κ2) is 5.85. The van der Waals surface area contributed by atoms with E-state index in [2.05, 4.69) is 5.10 Å². The van der Waals surface area contributed by atoms with Gasteiger partial charge in [-0.1, -0.05) is 5.92 Å². The molecule has 0 atom stereocenters. The van der Waals surface area contributed by atoms with Gasteiger partial charge >= 0.3 is 6.18 Å². The molecule has 0 aromatic carbocycles. The van der Waals surface area contributed by atoms with E-state index >= 15 is 0 Å². The predicted molar refractivity (Wildman–Crippen MR) is 66.3 cm³/mol. The number of hydrogen-bond donors (Lipinski definition) is 0. The number of terminal acetylenes is 1. The quantitative estimate of drug-likeness (QED) is 0.777. The topological polar surface area (TPSA) is 55.2 Å². The van der Waals surface area contributed by atoms with Crippen LogP contribution in [0.2, 0.25) is 0 Å². The van der Waals surface area contributed by atoms with E-state index in [1.807, 2.05) is 5.92 Å². The van der Waals surface area contributed by atoms with Crippen LogP contribution >= 0.6 is 0 Å². The monoisotopic (exact) mass is 309 g/mol.